The van der Waals surface area contributed by atoms with E-state index >= 15 is 0 Å². The Hall–Kier alpha value is -1.91. The summed E-state index contributed by atoms with van der Waals surface area (Å²) >= 11 is 0. The monoisotopic (exact) mass is 275 g/mol. The van der Waals surface area contributed by atoms with Crippen molar-refractivity contribution in [2.45, 2.75) is 19.4 Å². The molecule has 20 heavy (non-hydrogen) atoms. The van der Waals surface area contributed by atoms with Crippen molar-refractivity contribution in [1.29, 1.82) is 0 Å². The topological polar surface area (TPSA) is 55.5 Å². The summed E-state index contributed by atoms with van der Waals surface area (Å²) in [5.41, 5.74) is 7.03. The van der Waals surface area contributed by atoms with Gasteiger partial charge in [-0.2, -0.15) is 0 Å². The molecule has 0 aliphatic carbocycles. The maximum Gasteiger partial charge on any atom is 0.135 e. The van der Waals surface area contributed by atoms with E-state index in [-0.39, 0.29) is 12.4 Å². The van der Waals surface area contributed by atoms with Crippen LogP contribution in [0.5, 0.6) is 11.5 Å². The molecule has 0 aliphatic rings. The highest BCUT2D eigenvalue weighted by Crippen LogP contribution is 2.32. The summed E-state index contributed by atoms with van der Waals surface area (Å²) < 4.78 is 19.7. The van der Waals surface area contributed by atoms with E-state index in [0.717, 1.165) is 5.56 Å². The molecule has 1 atom stereocenters. The van der Waals surface area contributed by atoms with Gasteiger partial charge in [-0.25, -0.2) is 4.39 Å². The average molecular weight is 275 g/mol. The lowest BCUT2D eigenvalue weighted by Crippen LogP contribution is -2.09. The normalized spacial score (nSPS) is 12.2. The first kappa shape index (κ1) is 14.5. The Morgan fingerprint density at radius 1 is 1.15 bits per heavy atom. The van der Waals surface area contributed by atoms with Crippen LogP contribution in [0.15, 0.2) is 42.5 Å². The predicted octanol–water partition coefficient (Wildman–Crippen LogP) is 3.17. The van der Waals surface area contributed by atoms with E-state index in [1.807, 2.05) is 18.2 Å². The van der Waals surface area contributed by atoms with Gasteiger partial charge in [-0.3, -0.25) is 0 Å². The SMILES string of the molecule is CC(N)c1c(F)cccc1Oc1ccccc1CCO. The zero-order valence-corrected chi connectivity index (χ0v) is 11.3. The molecule has 3 N–H and O–H groups in total. The largest absolute Gasteiger partial charge is 0.457 e. The summed E-state index contributed by atoms with van der Waals surface area (Å²) in [6, 6.07) is 11.6. The Labute approximate surface area is 117 Å². The number of hydrogen-bond donors (Lipinski definition) is 2. The van der Waals surface area contributed by atoms with Crippen LogP contribution in [0.1, 0.15) is 24.1 Å². The number of aliphatic hydroxyl groups excluding tert-OH is 1. The minimum atomic E-state index is -0.462. The average Bonchev–Trinajstić information content (AvgIpc) is 2.41. The molecule has 0 spiro atoms. The standard InChI is InChI=1S/C16H18FNO2/c1-11(18)16-13(17)6-4-8-15(16)20-14-7-3-2-5-12(14)9-10-19/h2-8,11,19H,9-10,18H2,1H3. The predicted molar refractivity (Wildman–Crippen MR) is 76.3 cm³/mol. The van der Waals surface area contributed by atoms with Gasteiger partial charge in [0.1, 0.15) is 17.3 Å². The van der Waals surface area contributed by atoms with Crippen LogP contribution in [0.25, 0.3) is 0 Å². The van der Waals surface area contributed by atoms with Crippen molar-refractivity contribution < 1.29 is 14.2 Å². The number of halogens is 1. The molecular weight excluding hydrogens is 257 g/mol. The fourth-order valence-corrected chi connectivity index (χ4v) is 2.10. The number of para-hydroxylation sites is 1. The number of benzene rings is 2. The molecule has 0 saturated carbocycles. The number of rotatable bonds is 5. The molecule has 2 aromatic carbocycles. The fraction of sp³-hybridized carbons (Fsp3) is 0.250. The van der Waals surface area contributed by atoms with E-state index in [1.165, 1.54) is 6.07 Å². The van der Waals surface area contributed by atoms with E-state index in [1.54, 1.807) is 25.1 Å². The van der Waals surface area contributed by atoms with Gasteiger partial charge in [0.05, 0.1) is 0 Å². The number of aliphatic hydroxyl groups is 1. The maximum absolute atomic E-state index is 13.9. The second-order valence-corrected chi connectivity index (χ2v) is 4.62. The molecule has 2 aromatic rings. The van der Waals surface area contributed by atoms with Gasteiger partial charge >= 0.3 is 0 Å². The molecule has 0 saturated heterocycles. The highest BCUT2D eigenvalue weighted by molar-refractivity contribution is 5.43. The van der Waals surface area contributed by atoms with Crippen LogP contribution in [-0.2, 0) is 6.42 Å². The highest BCUT2D eigenvalue weighted by atomic mass is 19.1. The van der Waals surface area contributed by atoms with Crippen molar-refractivity contribution in [1.82, 2.24) is 0 Å². The van der Waals surface area contributed by atoms with Gasteiger partial charge in [0.15, 0.2) is 0 Å². The van der Waals surface area contributed by atoms with Crippen LogP contribution in [0.3, 0.4) is 0 Å². The van der Waals surface area contributed by atoms with Gasteiger partial charge in [0.25, 0.3) is 0 Å². The van der Waals surface area contributed by atoms with Gasteiger partial charge in [-0.05, 0) is 37.1 Å². The molecule has 3 nitrogen and oxygen atoms in total. The zero-order chi connectivity index (χ0) is 14.5. The van der Waals surface area contributed by atoms with Crippen LogP contribution < -0.4 is 10.5 Å². The Morgan fingerprint density at radius 3 is 2.55 bits per heavy atom. The molecule has 0 bridgehead atoms. The van der Waals surface area contributed by atoms with E-state index in [2.05, 4.69) is 0 Å². The number of hydrogen-bond acceptors (Lipinski definition) is 3. The molecule has 106 valence electrons. The molecule has 0 aliphatic heterocycles. The summed E-state index contributed by atoms with van der Waals surface area (Å²) in [6.45, 7) is 1.74. The van der Waals surface area contributed by atoms with Crippen molar-refractivity contribution in [2.24, 2.45) is 5.73 Å². The molecule has 0 aromatic heterocycles. The van der Waals surface area contributed by atoms with Crippen molar-refractivity contribution in [2.75, 3.05) is 6.61 Å². The lowest BCUT2D eigenvalue weighted by Gasteiger charge is -2.16. The molecule has 4 heteroatoms. The second kappa shape index (κ2) is 6.50. The first-order valence-electron chi connectivity index (χ1n) is 6.54. The fourth-order valence-electron chi connectivity index (χ4n) is 2.10. The molecule has 2 rings (SSSR count). The molecule has 1 unspecified atom stereocenters. The van der Waals surface area contributed by atoms with Crippen molar-refractivity contribution in [3.63, 3.8) is 0 Å². The van der Waals surface area contributed by atoms with Crippen molar-refractivity contribution in [3.8, 4) is 11.5 Å². The van der Waals surface area contributed by atoms with E-state index < -0.39 is 6.04 Å². The summed E-state index contributed by atoms with van der Waals surface area (Å²) in [4.78, 5) is 0. The lowest BCUT2D eigenvalue weighted by atomic mass is 10.1. The third kappa shape index (κ3) is 3.15. The summed E-state index contributed by atoms with van der Waals surface area (Å²) in [5, 5.41) is 9.06. The number of nitrogens with two attached hydrogens (primary N) is 1. The first-order chi connectivity index (χ1) is 9.63. The van der Waals surface area contributed by atoms with Crippen LogP contribution in [0, 0.1) is 5.82 Å². The van der Waals surface area contributed by atoms with E-state index in [0.29, 0.717) is 23.5 Å². The summed E-state index contributed by atoms with van der Waals surface area (Å²) in [6.07, 6.45) is 0.485. The van der Waals surface area contributed by atoms with Gasteiger partial charge in [0, 0.05) is 18.2 Å². The van der Waals surface area contributed by atoms with Gasteiger partial charge in [-0.15, -0.1) is 0 Å². The molecule has 0 fully saturated rings. The van der Waals surface area contributed by atoms with Crippen LogP contribution in [0.4, 0.5) is 4.39 Å². The molecule has 0 amide bonds. The molecular formula is C16H18FNO2. The third-order valence-corrected chi connectivity index (χ3v) is 3.04. The Balaban J connectivity index is 2.38. The first-order valence-corrected chi connectivity index (χ1v) is 6.54. The lowest BCUT2D eigenvalue weighted by molar-refractivity contribution is 0.297. The summed E-state index contributed by atoms with van der Waals surface area (Å²) in [5.74, 6) is 0.636. The minimum Gasteiger partial charge on any atom is -0.457 e. The van der Waals surface area contributed by atoms with Crippen molar-refractivity contribution >= 4 is 0 Å². The Bertz CT molecular complexity index is 584. The molecule has 0 radical (unpaired) electrons. The zero-order valence-electron chi connectivity index (χ0n) is 11.3. The van der Waals surface area contributed by atoms with Gasteiger partial charge in [-0.1, -0.05) is 24.3 Å². The van der Waals surface area contributed by atoms with Gasteiger partial charge in [0.2, 0.25) is 0 Å². The highest BCUT2D eigenvalue weighted by Gasteiger charge is 2.15. The minimum absolute atomic E-state index is 0.0314. The van der Waals surface area contributed by atoms with Gasteiger partial charge < -0.3 is 15.6 Å². The quantitative estimate of drug-likeness (QED) is 0.881. The summed E-state index contributed by atoms with van der Waals surface area (Å²) in [7, 11) is 0. The van der Waals surface area contributed by atoms with Crippen LogP contribution in [-0.4, -0.2) is 11.7 Å². The third-order valence-electron chi connectivity index (χ3n) is 3.04. The maximum atomic E-state index is 13.9. The van der Waals surface area contributed by atoms with Crippen molar-refractivity contribution in [3.05, 3.63) is 59.4 Å². The smallest absolute Gasteiger partial charge is 0.135 e. The second-order valence-electron chi connectivity index (χ2n) is 4.62. The Kier molecular flexibility index (Phi) is 4.71. The number of ether oxygens (including phenoxy) is 1. The van der Waals surface area contributed by atoms with E-state index in [4.69, 9.17) is 15.6 Å². The molecule has 0 heterocycles. The Morgan fingerprint density at radius 2 is 1.85 bits per heavy atom. The van der Waals surface area contributed by atoms with Crippen LogP contribution in [0.2, 0.25) is 0 Å². The van der Waals surface area contributed by atoms with E-state index in [9.17, 15) is 4.39 Å². The van der Waals surface area contributed by atoms with Crippen LogP contribution >= 0.6 is 0 Å².